The lowest BCUT2D eigenvalue weighted by atomic mass is 10.2. The normalized spacial score (nSPS) is 10.8. The Labute approximate surface area is 138 Å². The van der Waals surface area contributed by atoms with Crippen molar-refractivity contribution in [2.75, 3.05) is 6.54 Å². The van der Waals surface area contributed by atoms with Crippen molar-refractivity contribution in [3.05, 3.63) is 64.6 Å². The molecule has 0 saturated heterocycles. The van der Waals surface area contributed by atoms with Crippen molar-refractivity contribution in [1.29, 1.82) is 0 Å². The molecule has 6 heteroatoms. The Morgan fingerprint density at radius 2 is 1.91 bits per heavy atom. The van der Waals surface area contributed by atoms with Crippen LogP contribution in [0.5, 0.6) is 0 Å². The standard InChI is InChI=1S/C16H15ClN4S/c17-13-3-1-12(2-4-13)16-21-11-15(22-16)10-18-6-5-14-9-19-7-8-20-14/h1-4,7-9,11,18H,5-6,10H2. The minimum absolute atomic E-state index is 0.742. The molecule has 0 unspecified atom stereocenters. The predicted molar refractivity (Wildman–Crippen MR) is 90.0 cm³/mol. The van der Waals surface area contributed by atoms with Gasteiger partial charge in [0.25, 0.3) is 0 Å². The molecule has 0 fully saturated rings. The molecule has 0 saturated carbocycles. The van der Waals surface area contributed by atoms with Crippen molar-refractivity contribution in [1.82, 2.24) is 20.3 Å². The van der Waals surface area contributed by atoms with Crippen LogP contribution >= 0.6 is 22.9 Å². The summed E-state index contributed by atoms with van der Waals surface area (Å²) in [7, 11) is 0. The van der Waals surface area contributed by atoms with Crippen molar-refractivity contribution in [2.45, 2.75) is 13.0 Å². The molecule has 1 N–H and O–H groups in total. The van der Waals surface area contributed by atoms with Crippen molar-refractivity contribution >= 4 is 22.9 Å². The minimum Gasteiger partial charge on any atom is -0.311 e. The van der Waals surface area contributed by atoms with Gasteiger partial charge in [-0.15, -0.1) is 11.3 Å². The number of rotatable bonds is 6. The zero-order valence-electron chi connectivity index (χ0n) is 11.9. The van der Waals surface area contributed by atoms with E-state index in [0.29, 0.717) is 0 Å². The second-order valence-electron chi connectivity index (χ2n) is 4.76. The molecule has 0 atom stereocenters. The summed E-state index contributed by atoms with van der Waals surface area (Å²) >= 11 is 7.60. The summed E-state index contributed by atoms with van der Waals surface area (Å²) in [5.74, 6) is 0. The molecule has 0 spiro atoms. The van der Waals surface area contributed by atoms with Gasteiger partial charge in [0.1, 0.15) is 5.01 Å². The largest absolute Gasteiger partial charge is 0.311 e. The summed E-state index contributed by atoms with van der Waals surface area (Å²) in [6.45, 7) is 1.68. The maximum Gasteiger partial charge on any atom is 0.123 e. The van der Waals surface area contributed by atoms with E-state index >= 15 is 0 Å². The van der Waals surface area contributed by atoms with Gasteiger partial charge in [0.2, 0.25) is 0 Å². The third kappa shape index (κ3) is 4.10. The Bertz CT molecular complexity index is 713. The van der Waals surface area contributed by atoms with Gasteiger partial charge in [-0.05, 0) is 12.1 Å². The van der Waals surface area contributed by atoms with Gasteiger partial charge < -0.3 is 5.32 Å². The van der Waals surface area contributed by atoms with Crippen molar-refractivity contribution in [3.8, 4) is 10.6 Å². The van der Waals surface area contributed by atoms with Crippen LogP contribution in [0.4, 0.5) is 0 Å². The van der Waals surface area contributed by atoms with Gasteiger partial charge in [0, 0.05) is 59.8 Å². The summed E-state index contributed by atoms with van der Waals surface area (Å²) in [4.78, 5) is 14.0. The summed E-state index contributed by atoms with van der Waals surface area (Å²) in [6.07, 6.45) is 8.00. The molecule has 0 amide bonds. The van der Waals surface area contributed by atoms with Crippen molar-refractivity contribution in [2.24, 2.45) is 0 Å². The first-order chi connectivity index (χ1) is 10.8. The van der Waals surface area contributed by atoms with Gasteiger partial charge in [0.05, 0.1) is 5.69 Å². The zero-order valence-corrected chi connectivity index (χ0v) is 13.4. The van der Waals surface area contributed by atoms with E-state index < -0.39 is 0 Å². The first kappa shape index (κ1) is 15.1. The van der Waals surface area contributed by atoms with Crippen LogP contribution in [0.3, 0.4) is 0 Å². The molecule has 3 rings (SSSR count). The van der Waals surface area contributed by atoms with Crippen LogP contribution in [-0.4, -0.2) is 21.5 Å². The monoisotopic (exact) mass is 330 g/mol. The quantitative estimate of drug-likeness (QED) is 0.702. The molecule has 0 aliphatic heterocycles. The average Bonchev–Trinajstić information content (AvgIpc) is 3.02. The third-order valence-electron chi connectivity index (χ3n) is 3.12. The lowest BCUT2D eigenvalue weighted by molar-refractivity contribution is 0.684. The summed E-state index contributed by atoms with van der Waals surface area (Å²) in [5.41, 5.74) is 2.10. The van der Waals surface area contributed by atoms with E-state index in [0.717, 1.165) is 40.8 Å². The number of hydrogen-bond donors (Lipinski definition) is 1. The molecule has 4 nitrogen and oxygen atoms in total. The number of aromatic nitrogens is 3. The summed E-state index contributed by atoms with van der Waals surface area (Å²) in [5, 5.41) is 5.16. The second kappa shape index (κ2) is 7.45. The van der Waals surface area contributed by atoms with Gasteiger partial charge in [-0.2, -0.15) is 0 Å². The van der Waals surface area contributed by atoms with E-state index in [1.54, 1.807) is 29.9 Å². The first-order valence-electron chi connectivity index (χ1n) is 6.97. The number of halogens is 1. The smallest absolute Gasteiger partial charge is 0.123 e. The van der Waals surface area contributed by atoms with E-state index in [9.17, 15) is 0 Å². The number of nitrogens with zero attached hydrogens (tertiary/aromatic N) is 3. The lowest BCUT2D eigenvalue weighted by Crippen LogP contribution is -2.16. The molecule has 2 aromatic heterocycles. The van der Waals surface area contributed by atoms with Crippen LogP contribution < -0.4 is 5.32 Å². The van der Waals surface area contributed by atoms with Gasteiger partial charge in [-0.3, -0.25) is 9.97 Å². The minimum atomic E-state index is 0.742. The Balaban J connectivity index is 1.50. The van der Waals surface area contributed by atoms with Gasteiger partial charge in [-0.1, -0.05) is 23.7 Å². The summed E-state index contributed by atoms with van der Waals surface area (Å²) in [6, 6.07) is 7.76. The highest BCUT2D eigenvalue weighted by Crippen LogP contribution is 2.26. The highest BCUT2D eigenvalue weighted by atomic mass is 35.5. The topological polar surface area (TPSA) is 50.7 Å². The molecule has 3 aromatic rings. The molecule has 2 heterocycles. The SMILES string of the molecule is Clc1ccc(-c2ncc(CNCCc3cnccn3)s2)cc1. The molecular weight excluding hydrogens is 316 g/mol. The van der Waals surface area contributed by atoms with E-state index in [1.807, 2.05) is 30.5 Å². The molecule has 0 bridgehead atoms. The molecule has 1 aromatic carbocycles. The van der Waals surface area contributed by atoms with Crippen LogP contribution in [-0.2, 0) is 13.0 Å². The van der Waals surface area contributed by atoms with Gasteiger partial charge in [0.15, 0.2) is 0 Å². The second-order valence-corrected chi connectivity index (χ2v) is 6.31. The van der Waals surface area contributed by atoms with E-state index in [4.69, 9.17) is 11.6 Å². The van der Waals surface area contributed by atoms with Crippen LogP contribution in [0.15, 0.2) is 49.1 Å². The van der Waals surface area contributed by atoms with Crippen molar-refractivity contribution in [3.63, 3.8) is 0 Å². The zero-order chi connectivity index (χ0) is 15.2. The lowest BCUT2D eigenvalue weighted by Gasteiger charge is -2.01. The number of hydrogen-bond acceptors (Lipinski definition) is 5. The Morgan fingerprint density at radius 1 is 1.05 bits per heavy atom. The molecule has 0 aliphatic rings. The number of benzene rings is 1. The molecule has 0 radical (unpaired) electrons. The maximum atomic E-state index is 5.90. The predicted octanol–water partition coefficient (Wildman–Crippen LogP) is 3.59. The Morgan fingerprint density at radius 3 is 2.68 bits per heavy atom. The van der Waals surface area contributed by atoms with E-state index in [2.05, 4.69) is 20.3 Å². The molecule has 0 aliphatic carbocycles. The fourth-order valence-corrected chi connectivity index (χ4v) is 3.02. The molecular formula is C16H15ClN4S. The third-order valence-corrected chi connectivity index (χ3v) is 4.42. The maximum absolute atomic E-state index is 5.90. The molecule has 112 valence electrons. The number of nitrogens with one attached hydrogen (secondary N) is 1. The summed E-state index contributed by atoms with van der Waals surface area (Å²) < 4.78 is 0. The fraction of sp³-hybridized carbons (Fsp3) is 0.188. The average molecular weight is 331 g/mol. The van der Waals surface area contributed by atoms with E-state index in [1.165, 1.54) is 4.88 Å². The van der Waals surface area contributed by atoms with Crippen LogP contribution in [0, 0.1) is 0 Å². The fourth-order valence-electron chi connectivity index (χ4n) is 2.00. The van der Waals surface area contributed by atoms with Crippen LogP contribution in [0.25, 0.3) is 10.6 Å². The van der Waals surface area contributed by atoms with Crippen LogP contribution in [0.1, 0.15) is 10.6 Å². The van der Waals surface area contributed by atoms with Crippen LogP contribution in [0.2, 0.25) is 5.02 Å². The highest BCUT2D eigenvalue weighted by Gasteiger charge is 2.04. The van der Waals surface area contributed by atoms with Gasteiger partial charge >= 0.3 is 0 Å². The van der Waals surface area contributed by atoms with Crippen molar-refractivity contribution < 1.29 is 0 Å². The Hall–Kier alpha value is -1.82. The molecule has 22 heavy (non-hydrogen) atoms. The Kier molecular flexibility index (Phi) is 5.11. The number of thiazole rings is 1. The first-order valence-corrected chi connectivity index (χ1v) is 8.17. The highest BCUT2D eigenvalue weighted by molar-refractivity contribution is 7.15. The van der Waals surface area contributed by atoms with E-state index in [-0.39, 0.29) is 0 Å². The van der Waals surface area contributed by atoms with Gasteiger partial charge in [-0.25, -0.2) is 4.98 Å².